The Morgan fingerprint density at radius 2 is 2.14 bits per heavy atom. The second-order valence-corrected chi connectivity index (χ2v) is 3.16. The number of hydrogen-bond donors (Lipinski definition) is 1. The molecule has 0 unspecified atom stereocenters. The van der Waals surface area contributed by atoms with E-state index in [4.69, 9.17) is 4.52 Å². The van der Waals surface area contributed by atoms with Crippen LogP contribution in [0.4, 0.5) is 0 Å². The zero-order valence-corrected chi connectivity index (χ0v) is 7.40. The number of nitrogens with zero attached hydrogens (tertiary/aromatic N) is 1. The lowest BCUT2D eigenvalue weighted by molar-refractivity contribution is 0.420. The van der Waals surface area contributed by atoms with Crippen LogP contribution in [0.2, 0.25) is 0 Å². The lowest BCUT2D eigenvalue weighted by Gasteiger charge is -1.92. The molecule has 0 amide bonds. The third-order valence-corrected chi connectivity index (χ3v) is 2.32. The van der Waals surface area contributed by atoms with E-state index >= 15 is 0 Å². The van der Waals surface area contributed by atoms with E-state index in [0.717, 1.165) is 11.3 Å². The first-order valence-corrected chi connectivity index (χ1v) is 4.41. The van der Waals surface area contributed by atoms with E-state index in [1.165, 1.54) is 10.8 Å². The summed E-state index contributed by atoms with van der Waals surface area (Å²) >= 11 is 0. The predicted molar refractivity (Wildman–Crippen MR) is 53.8 cm³/mol. The summed E-state index contributed by atoms with van der Waals surface area (Å²) in [5, 5.41) is 6.08. The molecule has 14 heavy (non-hydrogen) atoms. The summed E-state index contributed by atoms with van der Waals surface area (Å²) in [5.41, 5.74) is 2.04. The Morgan fingerprint density at radius 1 is 1.21 bits per heavy atom. The Bertz CT molecular complexity index is 551. The zero-order chi connectivity index (χ0) is 9.38. The van der Waals surface area contributed by atoms with Gasteiger partial charge in [0.05, 0.1) is 17.5 Å². The maximum atomic E-state index is 4.82. The summed E-state index contributed by atoms with van der Waals surface area (Å²) in [6.45, 7) is 0. The van der Waals surface area contributed by atoms with Gasteiger partial charge in [-0.2, -0.15) is 0 Å². The monoisotopic (exact) mass is 184 g/mol. The second-order valence-electron chi connectivity index (χ2n) is 3.16. The summed E-state index contributed by atoms with van der Waals surface area (Å²) in [6.07, 6.45) is 5.33. The summed E-state index contributed by atoms with van der Waals surface area (Å²) in [7, 11) is 0. The molecule has 0 saturated carbocycles. The Kier molecular flexibility index (Phi) is 1.44. The summed E-state index contributed by atoms with van der Waals surface area (Å²) < 4.78 is 4.82. The number of H-pyrrole nitrogens is 1. The number of aromatic amines is 1. The highest BCUT2D eigenvalue weighted by Crippen LogP contribution is 2.26. The van der Waals surface area contributed by atoms with Gasteiger partial charge < -0.3 is 9.51 Å². The van der Waals surface area contributed by atoms with Gasteiger partial charge in [-0.3, -0.25) is 0 Å². The van der Waals surface area contributed by atoms with Crippen LogP contribution < -0.4 is 0 Å². The molecule has 0 aliphatic carbocycles. The van der Waals surface area contributed by atoms with Gasteiger partial charge in [-0.05, 0) is 5.39 Å². The zero-order valence-electron chi connectivity index (χ0n) is 7.40. The molecule has 3 heteroatoms. The van der Waals surface area contributed by atoms with Crippen molar-refractivity contribution in [3.8, 4) is 11.3 Å². The fraction of sp³-hybridized carbons (Fsp3) is 0. The molecule has 2 heterocycles. The van der Waals surface area contributed by atoms with Crippen LogP contribution >= 0.6 is 0 Å². The van der Waals surface area contributed by atoms with Crippen molar-refractivity contribution in [1.29, 1.82) is 0 Å². The van der Waals surface area contributed by atoms with Crippen molar-refractivity contribution < 1.29 is 4.52 Å². The van der Waals surface area contributed by atoms with E-state index in [1.807, 2.05) is 18.3 Å². The minimum atomic E-state index is 0.978. The van der Waals surface area contributed by atoms with Gasteiger partial charge in [0.1, 0.15) is 6.26 Å². The fourth-order valence-corrected chi connectivity index (χ4v) is 1.65. The van der Waals surface area contributed by atoms with Gasteiger partial charge in [0.15, 0.2) is 0 Å². The molecular weight excluding hydrogens is 176 g/mol. The molecule has 1 N–H and O–H groups in total. The molecule has 68 valence electrons. The van der Waals surface area contributed by atoms with Crippen LogP contribution in [0.1, 0.15) is 0 Å². The third kappa shape index (κ3) is 0.956. The van der Waals surface area contributed by atoms with Crippen molar-refractivity contribution in [1.82, 2.24) is 10.1 Å². The van der Waals surface area contributed by atoms with Gasteiger partial charge in [0.25, 0.3) is 0 Å². The average molecular weight is 184 g/mol. The third-order valence-electron chi connectivity index (χ3n) is 2.32. The van der Waals surface area contributed by atoms with Gasteiger partial charge in [-0.15, -0.1) is 0 Å². The quantitative estimate of drug-likeness (QED) is 0.631. The lowest BCUT2D eigenvalue weighted by Crippen LogP contribution is -1.72. The van der Waals surface area contributed by atoms with Crippen molar-refractivity contribution in [2.45, 2.75) is 0 Å². The maximum Gasteiger partial charge on any atom is 0.133 e. The summed E-state index contributed by atoms with van der Waals surface area (Å²) in [4.78, 5) is 3.22. The standard InChI is InChI=1S/C11H8N2O/c1-2-4-10-8(3-1)5-12-11(10)9-6-13-14-7-9/h1-7,12H. The molecule has 0 atom stereocenters. The van der Waals surface area contributed by atoms with E-state index in [0.29, 0.717) is 0 Å². The van der Waals surface area contributed by atoms with E-state index in [9.17, 15) is 0 Å². The minimum absolute atomic E-state index is 0.978. The molecule has 2 aromatic heterocycles. The topological polar surface area (TPSA) is 41.8 Å². The number of hydrogen-bond acceptors (Lipinski definition) is 2. The molecule has 0 bridgehead atoms. The van der Waals surface area contributed by atoms with E-state index < -0.39 is 0 Å². The minimum Gasteiger partial charge on any atom is -0.364 e. The molecule has 3 aromatic rings. The predicted octanol–water partition coefficient (Wildman–Crippen LogP) is 2.82. The molecule has 0 saturated heterocycles. The van der Waals surface area contributed by atoms with Gasteiger partial charge in [-0.25, -0.2) is 0 Å². The van der Waals surface area contributed by atoms with Crippen molar-refractivity contribution in [2.75, 3.05) is 0 Å². The van der Waals surface area contributed by atoms with Crippen molar-refractivity contribution in [3.63, 3.8) is 0 Å². The highest BCUT2D eigenvalue weighted by Gasteiger charge is 2.06. The van der Waals surface area contributed by atoms with Crippen LogP contribution in [0.3, 0.4) is 0 Å². The molecule has 0 aliphatic heterocycles. The molecule has 0 radical (unpaired) electrons. The van der Waals surface area contributed by atoms with E-state index in [1.54, 1.807) is 12.5 Å². The number of nitrogens with one attached hydrogen (secondary N) is 1. The van der Waals surface area contributed by atoms with Crippen LogP contribution in [0, 0.1) is 0 Å². The molecule has 3 rings (SSSR count). The SMILES string of the molecule is c1ccc2c(-c3cnoc3)[nH]cc2c1. The maximum absolute atomic E-state index is 4.82. The second kappa shape index (κ2) is 2.73. The van der Waals surface area contributed by atoms with E-state index in [2.05, 4.69) is 22.3 Å². The molecule has 1 aromatic carbocycles. The van der Waals surface area contributed by atoms with Crippen LogP contribution in [-0.2, 0) is 0 Å². The van der Waals surface area contributed by atoms with Gasteiger partial charge in [0, 0.05) is 11.6 Å². The smallest absolute Gasteiger partial charge is 0.133 e. The van der Waals surface area contributed by atoms with Crippen molar-refractivity contribution in [2.24, 2.45) is 0 Å². The first-order chi connectivity index (χ1) is 6.95. The van der Waals surface area contributed by atoms with Crippen LogP contribution in [0.15, 0.2) is 47.4 Å². The molecular formula is C11H8N2O. The van der Waals surface area contributed by atoms with E-state index in [-0.39, 0.29) is 0 Å². The van der Waals surface area contributed by atoms with Crippen molar-refractivity contribution >= 4 is 10.8 Å². The Morgan fingerprint density at radius 3 is 3.00 bits per heavy atom. The number of benzene rings is 1. The average Bonchev–Trinajstić information content (AvgIpc) is 2.85. The molecule has 3 nitrogen and oxygen atoms in total. The van der Waals surface area contributed by atoms with Crippen LogP contribution in [0.25, 0.3) is 22.0 Å². The van der Waals surface area contributed by atoms with Gasteiger partial charge in [-0.1, -0.05) is 29.4 Å². The first-order valence-electron chi connectivity index (χ1n) is 4.41. The Labute approximate surface area is 80.3 Å². The normalized spacial score (nSPS) is 10.9. The number of fused-ring (bicyclic) bond motifs is 1. The van der Waals surface area contributed by atoms with Crippen LogP contribution in [-0.4, -0.2) is 10.1 Å². The largest absolute Gasteiger partial charge is 0.364 e. The summed E-state index contributed by atoms with van der Waals surface area (Å²) in [5.74, 6) is 0. The fourth-order valence-electron chi connectivity index (χ4n) is 1.65. The first kappa shape index (κ1) is 7.38. The van der Waals surface area contributed by atoms with Crippen LogP contribution in [0.5, 0.6) is 0 Å². The molecule has 0 spiro atoms. The highest BCUT2D eigenvalue weighted by molar-refractivity contribution is 5.95. The highest BCUT2D eigenvalue weighted by atomic mass is 16.5. The van der Waals surface area contributed by atoms with Gasteiger partial charge >= 0.3 is 0 Å². The van der Waals surface area contributed by atoms with Crippen molar-refractivity contribution in [3.05, 3.63) is 42.9 Å². The number of aromatic nitrogens is 2. The lowest BCUT2D eigenvalue weighted by atomic mass is 10.1. The van der Waals surface area contributed by atoms with Gasteiger partial charge in [0.2, 0.25) is 0 Å². The molecule has 0 aliphatic rings. The number of rotatable bonds is 1. The Balaban J connectivity index is 2.33. The molecule has 0 fully saturated rings. The summed E-state index contributed by atoms with van der Waals surface area (Å²) in [6, 6.07) is 8.19. The Hall–Kier alpha value is -2.03.